The zero-order valence-electron chi connectivity index (χ0n) is 11.1. The molecule has 0 amide bonds. The quantitative estimate of drug-likeness (QED) is 0.837. The summed E-state index contributed by atoms with van der Waals surface area (Å²) >= 11 is 1.92. The topological polar surface area (TPSA) is 37.4 Å². The van der Waals surface area contributed by atoms with Gasteiger partial charge in [0.15, 0.2) is 9.84 Å². The lowest BCUT2D eigenvalue weighted by molar-refractivity contribution is 0.217. The van der Waals surface area contributed by atoms with E-state index in [0.29, 0.717) is 24.0 Å². The number of hydrogen-bond acceptors (Lipinski definition) is 4. The number of benzene rings is 1. The summed E-state index contributed by atoms with van der Waals surface area (Å²) in [6.45, 7) is 3.71. The van der Waals surface area contributed by atoms with E-state index in [1.54, 1.807) is 0 Å². The fourth-order valence-corrected chi connectivity index (χ4v) is 5.83. The molecule has 1 fully saturated rings. The van der Waals surface area contributed by atoms with Gasteiger partial charge in [-0.25, -0.2) is 8.42 Å². The smallest absolute Gasteiger partial charge is 0.153 e. The van der Waals surface area contributed by atoms with Crippen LogP contribution < -0.4 is 0 Å². The summed E-state index contributed by atoms with van der Waals surface area (Å²) in [6, 6.07) is 8.73. The minimum atomic E-state index is -2.81. The van der Waals surface area contributed by atoms with Crippen LogP contribution in [0.25, 0.3) is 0 Å². The van der Waals surface area contributed by atoms with E-state index < -0.39 is 9.84 Å². The summed E-state index contributed by atoms with van der Waals surface area (Å²) in [5.74, 6) is 2.30. The van der Waals surface area contributed by atoms with E-state index in [9.17, 15) is 8.42 Å². The summed E-state index contributed by atoms with van der Waals surface area (Å²) < 4.78 is 23.2. The molecule has 3 nitrogen and oxygen atoms in total. The van der Waals surface area contributed by atoms with Crippen LogP contribution in [0.2, 0.25) is 0 Å². The molecule has 3 rings (SSSR count). The van der Waals surface area contributed by atoms with Gasteiger partial charge in [-0.1, -0.05) is 18.2 Å². The molecule has 0 aromatic heterocycles. The Labute approximate surface area is 119 Å². The minimum Gasteiger partial charge on any atom is -0.298 e. The molecule has 0 aliphatic carbocycles. The minimum absolute atomic E-state index is 0.150. The van der Waals surface area contributed by atoms with Crippen LogP contribution in [0.5, 0.6) is 0 Å². The summed E-state index contributed by atoms with van der Waals surface area (Å²) in [7, 11) is -2.81. The first-order chi connectivity index (χ1) is 9.05. The van der Waals surface area contributed by atoms with Crippen molar-refractivity contribution in [3.8, 4) is 0 Å². The fourth-order valence-electron chi connectivity index (χ4n) is 2.97. The maximum absolute atomic E-state index is 11.6. The van der Waals surface area contributed by atoms with Gasteiger partial charge in [0.05, 0.1) is 11.5 Å². The Hall–Kier alpha value is -0.520. The molecule has 0 bridgehead atoms. The third kappa shape index (κ3) is 2.83. The highest BCUT2D eigenvalue weighted by Gasteiger charge is 2.31. The van der Waals surface area contributed by atoms with Gasteiger partial charge in [-0.2, -0.15) is 0 Å². The molecule has 5 heteroatoms. The highest BCUT2D eigenvalue weighted by molar-refractivity contribution is 7.99. The van der Waals surface area contributed by atoms with Crippen molar-refractivity contribution in [2.45, 2.75) is 23.8 Å². The Morgan fingerprint density at radius 1 is 1.37 bits per heavy atom. The molecule has 0 saturated carbocycles. The van der Waals surface area contributed by atoms with Crippen LogP contribution in [-0.2, 0) is 9.84 Å². The highest BCUT2D eigenvalue weighted by atomic mass is 32.2. The second-order valence-electron chi connectivity index (χ2n) is 5.50. The fraction of sp³-hybridized carbons (Fsp3) is 0.571. The lowest BCUT2D eigenvalue weighted by Gasteiger charge is -2.34. The van der Waals surface area contributed by atoms with Crippen LogP contribution in [-0.4, -0.2) is 49.7 Å². The van der Waals surface area contributed by atoms with Gasteiger partial charge in [-0.3, -0.25) is 4.90 Å². The molecular weight excluding hydrogens is 278 g/mol. The molecule has 0 spiro atoms. The molecule has 2 aliphatic rings. The van der Waals surface area contributed by atoms with Crippen molar-refractivity contribution >= 4 is 21.6 Å². The molecule has 1 aromatic carbocycles. The van der Waals surface area contributed by atoms with E-state index in [1.807, 2.05) is 18.7 Å². The second-order valence-corrected chi connectivity index (χ2v) is 8.79. The van der Waals surface area contributed by atoms with Crippen molar-refractivity contribution in [2.24, 2.45) is 0 Å². The van der Waals surface area contributed by atoms with Crippen molar-refractivity contribution in [3.05, 3.63) is 29.8 Å². The lowest BCUT2D eigenvalue weighted by atomic mass is 10.0. The Morgan fingerprint density at radius 2 is 2.16 bits per heavy atom. The molecule has 0 radical (unpaired) electrons. The SMILES string of the molecule is CC1CS(=O)(=O)CCN1CC1CSc2ccccc21. The Bertz CT molecular complexity index is 571. The molecule has 2 unspecified atom stereocenters. The van der Waals surface area contributed by atoms with Gasteiger partial charge in [0.1, 0.15) is 0 Å². The predicted octanol–water partition coefficient (Wildman–Crippen LogP) is 1.99. The first-order valence-corrected chi connectivity index (χ1v) is 9.52. The average molecular weight is 297 g/mol. The van der Waals surface area contributed by atoms with E-state index in [0.717, 1.165) is 12.3 Å². The first kappa shape index (κ1) is 13.5. The Morgan fingerprint density at radius 3 is 2.95 bits per heavy atom. The van der Waals surface area contributed by atoms with E-state index in [1.165, 1.54) is 10.5 Å². The van der Waals surface area contributed by atoms with Crippen LogP contribution in [0.1, 0.15) is 18.4 Å². The van der Waals surface area contributed by atoms with E-state index in [2.05, 4.69) is 29.2 Å². The number of fused-ring (bicyclic) bond motifs is 1. The van der Waals surface area contributed by atoms with Gasteiger partial charge in [0.2, 0.25) is 0 Å². The molecule has 1 aromatic rings. The largest absolute Gasteiger partial charge is 0.298 e. The summed E-state index contributed by atoms with van der Waals surface area (Å²) in [4.78, 5) is 3.73. The highest BCUT2D eigenvalue weighted by Crippen LogP contribution is 2.39. The average Bonchev–Trinajstić information content (AvgIpc) is 2.76. The number of nitrogens with zero attached hydrogens (tertiary/aromatic N) is 1. The maximum Gasteiger partial charge on any atom is 0.153 e. The Kier molecular flexibility index (Phi) is 3.62. The second kappa shape index (κ2) is 5.11. The van der Waals surface area contributed by atoms with E-state index in [-0.39, 0.29) is 6.04 Å². The van der Waals surface area contributed by atoms with Gasteiger partial charge in [0.25, 0.3) is 0 Å². The van der Waals surface area contributed by atoms with Crippen molar-refractivity contribution < 1.29 is 8.42 Å². The number of thioether (sulfide) groups is 1. The molecule has 1 saturated heterocycles. The lowest BCUT2D eigenvalue weighted by Crippen LogP contribution is -2.48. The van der Waals surface area contributed by atoms with Gasteiger partial charge >= 0.3 is 0 Å². The van der Waals surface area contributed by atoms with Crippen molar-refractivity contribution in [1.82, 2.24) is 4.90 Å². The third-order valence-corrected chi connectivity index (χ3v) is 7.11. The molecule has 0 N–H and O–H groups in total. The van der Waals surface area contributed by atoms with Crippen molar-refractivity contribution in [3.63, 3.8) is 0 Å². The van der Waals surface area contributed by atoms with Gasteiger partial charge in [-0.15, -0.1) is 11.8 Å². The molecule has 104 valence electrons. The summed E-state index contributed by atoms with van der Waals surface area (Å²) in [6.07, 6.45) is 0. The van der Waals surface area contributed by atoms with Crippen molar-refractivity contribution in [1.29, 1.82) is 0 Å². The Balaban J connectivity index is 1.70. The molecular formula is C14H19NO2S2. The van der Waals surface area contributed by atoms with Crippen LogP contribution in [0.3, 0.4) is 0 Å². The molecule has 2 atom stereocenters. The zero-order chi connectivity index (χ0) is 13.5. The van der Waals surface area contributed by atoms with Crippen molar-refractivity contribution in [2.75, 3.05) is 30.3 Å². The third-order valence-electron chi connectivity index (χ3n) is 4.06. The number of rotatable bonds is 2. The number of hydrogen-bond donors (Lipinski definition) is 0. The van der Waals surface area contributed by atoms with Crippen LogP contribution in [0.15, 0.2) is 29.2 Å². The van der Waals surface area contributed by atoms with Gasteiger partial charge in [-0.05, 0) is 18.6 Å². The summed E-state index contributed by atoms with van der Waals surface area (Å²) in [5, 5.41) is 0. The standard InChI is InChI=1S/C14H19NO2S2/c1-11-10-19(16,17)7-6-15(11)8-12-9-18-14-5-3-2-4-13(12)14/h2-5,11-12H,6-10H2,1H3. The van der Waals surface area contributed by atoms with Crippen LogP contribution >= 0.6 is 11.8 Å². The predicted molar refractivity (Wildman–Crippen MR) is 79.6 cm³/mol. The van der Waals surface area contributed by atoms with Crippen LogP contribution in [0.4, 0.5) is 0 Å². The van der Waals surface area contributed by atoms with Gasteiger partial charge in [0, 0.05) is 35.7 Å². The van der Waals surface area contributed by atoms with Crippen LogP contribution in [0, 0.1) is 0 Å². The zero-order valence-corrected chi connectivity index (χ0v) is 12.7. The van der Waals surface area contributed by atoms with Gasteiger partial charge < -0.3 is 0 Å². The first-order valence-electron chi connectivity index (χ1n) is 6.71. The number of sulfone groups is 1. The molecule has 2 aliphatic heterocycles. The monoisotopic (exact) mass is 297 g/mol. The summed E-state index contributed by atoms with van der Waals surface area (Å²) in [5.41, 5.74) is 1.44. The normalized spacial score (nSPS) is 30.2. The molecule has 19 heavy (non-hydrogen) atoms. The van der Waals surface area contributed by atoms with E-state index >= 15 is 0 Å². The van der Waals surface area contributed by atoms with E-state index in [4.69, 9.17) is 0 Å². The maximum atomic E-state index is 11.6. The molecule has 2 heterocycles.